The van der Waals surface area contributed by atoms with Crippen LogP contribution in [0.5, 0.6) is 0 Å². The zero-order chi connectivity index (χ0) is 12.0. The Morgan fingerprint density at radius 1 is 1.38 bits per heavy atom. The molecule has 0 amide bonds. The van der Waals surface area contributed by atoms with Gasteiger partial charge in [0.1, 0.15) is 11.8 Å². The van der Waals surface area contributed by atoms with E-state index in [1.807, 2.05) is 31.2 Å². The van der Waals surface area contributed by atoms with Crippen LogP contribution in [0, 0.1) is 6.92 Å². The van der Waals surface area contributed by atoms with Gasteiger partial charge in [-0.15, -0.1) is 0 Å². The maximum Gasteiger partial charge on any atom is 0.341 e. The van der Waals surface area contributed by atoms with E-state index in [1.54, 1.807) is 7.05 Å². The zero-order valence-corrected chi connectivity index (χ0v) is 9.61. The van der Waals surface area contributed by atoms with Crippen LogP contribution in [0.2, 0.25) is 0 Å². The van der Waals surface area contributed by atoms with Crippen molar-refractivity contribution in [2.45, 2.75) is 6.92 Å². The number of hydrogen-bond donors (Lipinski definition) is 1. The lowest BCUT2D eigenvalue weighted by molar-refractivity contribution is -0.133. The minimum atomic E-state index is -0.426. The molecule has 16 heavy (non-hydrogen) atoms. The number of rotatable bonds is 4. The van der Waals surface area contributed by atoms with E-state index in [0.29, 0.717) is 5.57 Å². The molecular formula is C12H15NO3. The molecule has 0 spiro atoms. The van der Waals surface area contributed by atoms with Crippen molar-refractivity contribution in [2.24, 2.45) is 0 Å². The van der Waals surface area contributed by atoms with Gasteiger partial charge in [-0.1, -0.05) is 24.3 Å². The van der Waals surface area contributed by atoms with E-state index in [1.165, 1.54) is 13.4 Å². The predicted octanol–water partition coefficient (Wildman–Crippen LogP) is 1.66. The highest BCUT2D eigenvalue weighted by Crippen LogP contribution is 2.19. The van der Waals surface area contributed by atoms with Crippen LogP contribution in [0.3, 0.4) is 0 Å². The SMILES string of the molecule is CNO/C=C(/C(=O)OC)c1ccccc1C. The highest BCUT2D eigenvalue weighted by atomic mass is 16.6. The fourth-order valence-electron chi connectivity index (χ4n) is 1.32. The van der Waals surface area contributed by atoms with Crippen molar-refractivity contribution in [1.29, 1.82) is 0 Å². The summed E-state index contributed by atoms with van der Waals surface area (Å²) in [5, 5.41) is 0. The Hall–Kier alpha value is -1.81. The molecule has 0 heterocycles. The number of aryl methyl sites for hydroxylation is 1. The average molecular weight is 221 g/mol. The van der Waals surface area contributed by atoms with Crippen molar-refractivity contribution in [3.63, 3.8) is 0 Å². The quantitative estimate of drug-likeness (QED) is 0.363. The number of carbonyl (C=O) groups excluding carboxylic acids is 1. The standard InChI is InChI=1S/C12H15NO3/c1-9-6-4-5-7-10(9)11(8-16-13-2)12(14)15-3/h4-8,13H,1-3H3/b11-8+. The zero-order valence-electron chi connectivity index (χ0n) is 9.61. The third-order valence-electron chi connectivity index (χ3n) is 2.14. The molecule has 0 unspecified atom stereocenters. The van der Waals surface area contributed by atoms with Crippen LogP contribution >= 0.6 is 0 Å². The summed E-state index contributed by atoms with van der Waals surface area (Å²) >= 11 is 0. The van der Waals surface area contributed by atoms with Crippen LogP contribution in [-0.2, 0) is 14.4 Å². The first-order valence-electron chi connectivity index (χ1n) is 4.87. The number of hydroxylamine groups is 1. The Labute approximate surface area is 94.8 Å². The molecule has 0 atom stereocenters. The molecule has 0 radical (unpaired) electrons. The summed E-state index contributed by atoms with van der Waals surface area (Å²) in [7, 11) is 2.96. The second-order valence-electron chi connectivity index (χ2n) is 3.16. The molecule has 0 fully saturated rings. The first-order chi connectivity index (χ1) is 7.70. The topological polar surface area (TPSA) is 47.6 Å². The van der Waals surface area contributed by atoms with E-state index in [4.69, 9.17) is 9.57 Å². The van der Waals surface area contributed by atoms with Gasteiger partial charge in [0.05, 0.1) is 7.11 Å². The molecule has 4 nitrogen and oxygen atoms in total. The Morgan fingerprint density at radius 2 is 2.06 bits per heavy atom. The molecule has 0 bridgehead atoms. The molecule has 0 saturated carbocycles. The summed E-state index contributed by atoms with van der Waals surface area (Å²) in [5.41, 5.74) is 4.65. The lowest BCUT2D eigenvalue weighted by Crippen LogP contribution is -2.08. The first-order valence-corrected chi connectivity index (χ1v) is 4.87. The van der Waals surface area contributed by atoms with Gasteiger partial charge in [-0.2, -0.15) is 5.48 Å². The first kappa shape index (κ1) is 12.3. The van der Waals surface area contributed by atoms with Crippen LogP contribution in [0.25, 0.3) is 5.57 Å². The van der Waals surface area contributed by atoms with Crippen LogP contribution in [0.15, 0.2) is 30.5 Å². The minimum absolute atomic E-state index is 0.384. The summed E-state index contributed by atoms with van der Waals surface area (Å²) in [6.45, 7) is 1.92. The molecule has 1 aromatic carbocycles. The molecule has 86 valence electrons. The van der Waals surface area contributed by atoms with E-state index in [2.05, 4.69) is 5.48 Å². The molecule has 4 heteroatoms. The Balaban J connectivity index is 3.11. The molecule has 0 saturated heterocycles. The fraction of sp³-hybridized carbons (Fsp3) is 0.250. The van der Waals surface area contributed by atoms with Crippen LogP contribution < -0.4 is 5.48 Å². The Kier molecular flexibility index (Phi) is 4.54. The highest BCUT2D eigenvalue weighted by Gasteiger charge is 2.14. The predicted molar refractivity (Wildman–Crippen MR) is 61.3 cm³/mol. The molecule has 0 aliphatic rings. The van der Waals surface area contributed by atoms with Gasteiger partial charge in [0.15, 0.2) is 0 Å². The second kappa shape index (κ2) is 5.92. The average Bonchev–Trinajstić information content (AvgIpc) is 2.31. The van der Waals surface area contributed by atoms with Gasteiger partial charge >= 0.3 is 5.97 Å². The highest BCUT2D eigenvalue weighted by molar-refractivity contribution is 6.16. The van der Waals surface area contributed by atoms with Crippen LogP contribution in [0.1, 0.15) is 11.1 Å². The number of ether oxygens (including phenoxy) is 1. The number of esters is 1. The third-order valence-corrected chi connectivity index (χ3v) is 2.14. The maximum absolute atomic E-state index is 11.6. The lowest BCUT2D eigenvalue weighted by Gasteiger charge is -2.08. The van der Waals surface area contributed by atoms with Gasteiger partial charge in [0, 0.05) is 7.05 Å². The Bertz CT molecular complexity index is 399. The number of methoxy groups -OCH3 is 1. The number of carbonyl (C=O) groups is 1. The van der Waals surface area contributed by atoms with Crippen LogP contribution in [-0.4, -0.2) is 20.1 Å². The number of nitrogens with one attached hydrogen (secondary N) is 1. The molecule has 1 aromatic rings. The van der Waals surface area contributed by atoms with Crippen molar-refractivity contribution >= 4 is 11.5 Å². The number of benzene rings is 1. The van der Waals surface area contributed by atoms with Gasteiger partial charge in [0.25, 0.3) is 0 Å². The number of hydrogen-bond acceptors (Lipinski definition) is 4. The smallest absolute Gasteiger partial charge is 0.341 e. The van der Waals surface area contributed by atoms with Gasteiger partial charge in [-0.25, -0.2) is 4.79 Å². The largest absolute Gasteiger partial charge is 0.465 e. The minimum Gasteiger partial charge on any atom is -0.465 e. The summed E-state index contributed by atoms with van der Waals surface area (Å²) in [5.74, 6) is -0.426. The normalized spacial score (nSPS) is 11.1. The molecular weight excluding hydrogens is 206 g/mol. The monoisotopic (exact) mass is 221 g/mol. The fourth-order valence-corrected chi connectivity index (χ4v) is 1.32. The Morgan fingerprint density at radius 3 is 2.62 bits per heavy atom. The summed E-state index contributed by atoms with van der Waals surface area (Å²) in [4.78, 5) is 16.5. The van der Waals surface area contributed by atoms with Gasteiger partial charge in [-0.05, 0) is 18.1 Å². The van der Waals surface area contributed by atoms with E-state index < -0.39 is 5.97 Å². The molecule has 0 aromatic heterocycles. The summed E-state index contributed by atoms with van der Waals surface area (Å²) in [6.07, 6.45) is 1.34. The van der Waals surface area contributed by atoms with E-state index in [-0.39, 0.29) is 0 Å². The second-order valence-corrected chi connectivity index (χ2v) is 3.16. The maximum atomic E-state index is 11.6. The van der Waals surface area contributed by atoms with Crippen LogP contribution in [0.4, 0.5) is 0 Å². The van der Waals surface area contributed by atoms with Crippen molar-refractivity contribution in [3.8, 4) is 0 Å². The van der Waals surface area contributed by atoms with Gasteiger partial charge in [-0.3, -0.25) is 0 Å². The van der Waals surface area contributed by atoms with Crippen molar-refractivity contribution in [2.75, 3.05) is 14.2 Å². The molecule has 1 N–H and O–H groups in total. The van der Waals surface area contributed by atoms with Gasteiger partial charge < -0.3 is 9.57 Å². The van der Waals surface area contributed by atoms with Gasteiger partial charge in [0.2, 0.25) is 0 Å². The molecule has 0 aliphatic heterocycles. The summed E-state index contributed by atoms with van der Waals surface area (Å²) in [6, 6.07) is 7.54. The van der Waals surface area contributed by atoms with Crippen molar-refractivity contribution in [1.82, 2.24) is 5.48 Å². The van der Waals surface area contributed by atoms with Crippen molar-refractivity contribution in [3.05, 3.63) is 41.7 Å². The summed E-state index contributed by atoms with van der Waals surface area (Å²) < 4.78 is 4.70. The molecule has 0 aliphatic carbocycles. The van der Waals surface area contributed by atoms with Crippen molar-refractivity contribution < 1.29 is 14.4 Å². The molecule has 1 rings (SSSR count). The van der Waals surface area contributed by atoms with E-state index in [0.717, 1.165) is 11.1 Å². The van der Waals surface area contributed by atoms with E-state index in [9.17, 15) is 4.79 Å². The third kappa shape index (κ3) is 2.84. The van der Waals surface area contributed by atoms with E-state index >= 15 is 0 Å². The lowest BCUT2D eigenvalue weighted by atomic mass is 10.0.